The van der Waals surface area contributed by atoms with E-state index in [1.165, 1.54) is 6.42 Å². The molecule has 2 N–H and O–H groups in total. The minimum Gasteiger partial charge on any atom is -0.480 e. The van der Waals surface area contributed by atoms with Gasteiger partial charge >= 0.3 is 5.97 Å². The first-order valence-corrected chi connectivity index (χ1v) is 4.61. The van der Waals surface area contributed by atoms with Crippen LogP contribution in [0.1, 0.15) is 26.2 Å². The number of nitrogens with one attached hydrogen (secondary N) is 1. The molecule has 13 heavy (non-hydrogen) atoms. The van der Waals surface area contributed by atoms with Crippen LogP contribution in [0.5, 0.6) is 0 Å². The molecule has 1 aliphatic rings. The molecule has 0 radical (unpaired) electrons. The van der Waals surface area contributed by atoms with Gasteiger partial charge in [-0.1, -0.05) is 0 Å². The number of hydrogen-bond donors (Lipinski definition) is 2. The molecular weight excluding hydrogens is 170 g/mol. The third-order valence-electron chi connectivity index (χ3n) is 2.80. The second-order valence-electron chi connectivity index (χ2n) is 3.68. The number of rotatable bonds is 5. The van der Waals surface area contributed by atoms with Crippen LogP contribution >= 0.6 is 0 Å². The van der Waals surface area contributed by atoms with Crippen LogP contribution in [0.3, 0.4) is 0 Å². The van der Waals surface area contributed by atoms with Crippen LogP contribution in [0.25, 0.3) is 0 Å². The van der Waals surface area contributed by atoms with Crippen molar-refractivity contribution in [3.05, 3.63) is 0 Å². The molecular formula is C9H17NO3. The van der Waals surface area contributed by atoms with Crippen LogP contribution in [-0.4, -0.2) is 36.4 Å². The quantitative estimate of drug-likeness (QED) is 0.662. The number of ether oxygens (including phenoxy) is 1. The molecule has 1 saturated carbocycles. The van der Waals surface area contributed by atoms with E-state index in [0.717, 1.165) is 12.8 Å². The van der Waals surface area contributed by atoms with Gasteiger partial charge in [0.1, 0.15) is 6.04 Å². The van der Waals surface area contributed by atoms with Crippen LogP contribution in [0.4, 0.5) is 0 Å². The van der Waals surface area contributed by atoms with E-state index in [1.807, 2.05) is 0 Å². The van der Waals surface area contributed by atoms with Crippen molar-refractivity contribution < 1.29 is 14.6 Å². The molecule has 0 saturated heterocycles. The Bertz CT molecular complexity index is 184. The lowest BCUT2D eigenvalue weighted by Gasteiger charge is -2.41. The van der Waals surface area contributed by atoms with Crippen LogP contribution < -0.4 is 5.32 Å². The Morgan fingerprint density at radius 2 is 2.31 bits per heavy atom. The zero-order valence-electron chi connectivity index (χ0n) is 8.17. The molecule has 0 aromatic rings. The summed E-state index contributed by atoms with van der Waals surface area (Å²) in [7, 11) is 1.69. The molecule has 1 rings (SSSR count). The van der Waals surface area contributed by atoms with Crippen LogP contribution in [0.2, 0.25) is 0 Å². The Kier molecular flexibility index (Phi) is 3.27. The number of carboxylic acids is 1. The summed E-state index contributed by atoms with van der Waals surface area (Å²) in [6, 6.07) is -0.493. The van der Waals surface area contributed by atoms with E-state index in [1.54, 1.807) is 14.0 Å². The van der Waals surface area contributed by atoms with Crippen molar-refractivity contribution in [3.63, 3.8) is 0 Å². The smallest absolute Gasteiger partial charge is 0.320 e. The van der Waals surface area contributed by atoms with Gasteiger partial charge in [-0.2, -0.15) is 0 Å². The van der Waals surface area contributed by atoms with Gasteiger partial charge in [-0.3, -0.25) is 4.79 Å². The monoisotopic (exact) mass is 187 g/mol. The standard InChI is InChI=1S/C9H17NO3/c1-7(8(11)12)10-6-9(13-2)4-3-5-9/h7,10H,3-6H2,1-2H3,(H,11,12). The highest BCUT2D eigenvalue weighted by molar-refractivity contribution is 5.72. The van der Waals surface area contributed by atoms with Gasteiger partial charge in [0.05, 0.1) is 5.60 Å². The molecule has 76 valence electrons. The summed E-state index contributed by atoms with van der Waals surface area (Å²) in [5.74, 6) is -0.814. The summed E-state index contributed by atoms with van der Waals surface area (Å²) in [5, 5.41) is 11.6. The highest BCUT2D eigenvalue weighted by Crippen LogP contribution is 2.34. The predicted molar refractivity (Wildman–Crippen MR) is 48.7 cm³/mol. The maximum Gasteiger partial charge on any atom is 0.320 e. The summed E-state index contributed by atoms with van der Waals surface area (Å²) >= 11 is 0. The van der Waals surface area contributed by atoms with Gasteiger partial charge in [0.25, 0.3) is 0 Å². The van der Waals surface area contributed by atoms with Crippen molar-refractivity contribution in [2.45, 2.75) is 37.8 Å². The summed E-state index contributed by atoms with van der Waals surface area (Å²) in [5.41, 5.74) is -0.0935. The van der Waals surface area contributed by atoms with E-state index >= 15 is 0 Å². The summed E-state index contributed by atoms with van der Waals surface area (Å²) < 4.78 is 5.35. The van der Waals surface area contributed by atoms with Gasteiger partial charge in [-0.05, 0) is 26.2 Å². The van der Waals surface area contributed by atoms with Crippen molar-refractivity contribution in [1.29, 1.82) is 0 Å². The van der Waals surface area contributed by atoms with E-state index in [2.05, 4.69) is 5.32 Å². The molecule has 0 aliphatic heterocycles. The third-order valence-corrected chi connectivity index (χ3v) is 2.80. The summed E-state index contributed by atoms with van der Waals surface area (Å²) in [4.78, 5) is 10.5. The fourth-order valence-electron chi connectivity index (χ4n) is 1.45. The van der Waals surface area contributed by atoms with Gasteiger partial charge in [0, 0.05) is 13.7 Å². The molecule has 1 aliphatic carbocycles. The average Bonchev–Trinajstić information content (AvgIpc) is 2.02. The Morgan fingerprint density at radius 3 is 2.62 bits per heavy atom. The minimum atomic E-state index is -0.814. The molecule has 0 heterocycles. The molecule has 1 fully saturated rings. The van der Waals surface area contributed by atoms with Gasteiger partial charge in [-0.15, -0.1) is 0 Å². The predicted octanol–water partition coefficient (Wildman–Crippen LogP) is 0.618. The van der Waals surface area contributed by atoms with Crippen molar-refractivity contribution in [2.75, 3.05) is 13.7 Å². The zero-order valence-corrected chi connectivity index (χ0v) is 8.17. The normalized spacial score (nSPS) is 22.0. The maximum absolute atomic E-state index is 10.5. The van der Waals surface area contributed by atoms with E-state index in [0.29, 0.717) is 6.54 Å². The lowest BCUT2D eigenvalue weighted by molar-refractivity contribution is -0.139. The molecule has 0 amide bonds. The zero-order chi connectivity index (χ0) is 9.90. The topological polar surface area (TPSA) is 58.6 Å². The van der Waals surface area contributed by atoms with E-state index in [4.69, 9.17) is 9.84 Å². The van der Waals surface area contributed by atoms with Crippen LogP contribution in [0.15, 0.2) is 0 Å². The maximum atomic E-state index is 10.5. The first kappa shape index (κ1) is 10.5. The van der Waals surface area contributed by atoms with Crippen LogP contribution in [-0.2, 0) is 9.53 Å². The number of carboxylic acid groups (broad SMARTS) is 1. The molecule has 0 aromatic heterocycles. The average molecular weight is 187 g/mol. The Morgan fingerprint density at radius 1 is 1.69 bits per heavy atom. The minimum absolute atomic E-state index is 0.0935. The van der Waals surface area contributed by atoms with Gasteiger partial charge in [0.15, 0.2) is 0 Å². The highest BCUT2D eigenvalue weighted by Gasteiger charge is 2.37. The largest absolute Gasteiger partial charge is 0.480 e. The number of carbonyl (C=O) groups is 1. The molecule has 1 unspecified atom stereocenters. The summed E-state index contributed by atoms with van der Waals surface area (Å²) in [6.07, 6.45) is 3.24. The van der Waals surface area contributed by atoms with Gasteiger partial charge < -0.3 is 15.2 Å². The molecule has 0 bridgehead atoms. The van der Waals surface area contributed by atoms with E-state index in [-0.39, 0.29) is 5.60 Å². The van der Waals surface area contributed by atoms with Crippen molar-refractivity contribution in [3.8, 4) is 0 Å². The van der Waals surface area contributed by atoms with Gasteiger partial charge in [-0.25, -0.2) is 0 Å². The van der Waals surface area contributed by atoms with Crippen molar-refractivity contribution in [2.24, 2.45) is 0 Å². The molecule has 1 atom stereocenters. The highest BCUT2D eigenvalue weighted by atomic mass is 16.5. The lowest BCUT2D eigenvalue weighted by atomic mass is 9.80. The number of aliphatic carboxylic acids is 1. The third kappa shape index (κ3) is 2.42. The molecule has 0 aromatic carbocycles. The Hall–Kier alpha value is -0.610. The van der Waals surface area contributed by atoms with Crippen molar-refractivity contribution in [1.82, 2.24) is 5.32 Å². The lowest BCUT2D eigenvalue weighted by Crippen LogP contribution is -2.51. The SMILES string of the molecule is COC1(CNC(C)C(=O)O)CCC1. The molecule has 4 heteroatoms. The molecule has 0 spiro atoms. The van der Waals surface area contributed by atoms with Crippen LogP contribution in [0, 0.1) is 0 Å². The molecule has 4 nitrogen and oxygen atoms in total. The van der Waals surface area contributed by atoms with Crippen molar-refractivity contribution >= 4 is 5.97 Å². The number of hydrogen-bond acceptors (Lipinski definition) is 3. The fraction of sp³-hybridized carbons (Fsp3) is 0.889. The summed E-state index contributed by atoms with van der Waals surface area (Å²) in [6.45, 7) is 2.28. The Balaban J connectivity index is 2.28. The fourth-order valence-corrected chi connectivity index (χ4v) is 1.45. The van der Waals surface area contributed by atoms with Gasteiger partial charge in [0.2, 0.25) is 0 Å². The second kappa shape index (κ2) is 4.07. The Labute approximate surface area is 78.3 Å². The van der Waals surface area contributed by atoms with E-state index in [9.17, 15) is 4.79 Å². The first-order chi connectivity index (χ1) is 6.09. The van der Waals surface area contributed by atoms with E-state index < -0.39 is 12.0 Å². The number of methoxy groups -OCH3 is 1. The first-order valence-electron chi connectivity index (χ1n) is 4.61. The second-order valence-corrected chi connectivity index (χ2v) is 3.68.